The van der Waals surface area contributed by atoms with Gasteiger partial charge in [-0.25, -0.2) is 0 Å². The first-order chi connectivity index (χ1) is 8.18. The number of carbonyl (C=O) groups is 1. The van der Waals surface area contributed by atoms with Gasteiger partial charge in [-0.3, -0.25) is 0 Å². The van der Waals surface area contributed by atoms with Gasteiger partial charge in [0, 0.05) is 12.4 Å². The summed E-state index contributed by atoms with van der Waals surface area (Å²) >= 11 is 0. The van der Waals surface area contributed by atoms with E-state index < -0.39 is 12.1 Å². The number of aliphatic hydroxyl groups excluding tert-OH is 1. The molecule has 3 nitrogen and oxygen atoms in total. The number of carbonyl (C=O) groups excluding carboxylic acids is 1. The van der Waals surface area contributed by atoms with Crippen LogP contribution in [0.2, 0.25) is 0 Å². The van der Waals surface area contributed by atoms with Crippen molar-refractivity contribution < 1.29 is 44.6 Å². The van der Waals surface area contributed by atoms with Gasteiger partial charge < -0.3 is 15.0 Å². The Morgan fingerprint density at radius 2 is 1.83 bits per heavy atom. The second-order valence-corrected chi connectivity index (χ2v) is 4.31. The van der Waals surface area contributed by atoms with Crippen LogP contribution in [0.3, 0.4) is 0 Å². The number of aliphatic hydroxyl groups is 1. The van der Waals surface area contributed by atoms with E-state index in [1.54, 1.807) is 0 Å². The summed E-state index contributed by atoms with van der Waals surface area (Å²) in [6.07, 6.45) is 3.53. The van der Waals surface area contributed by atoms with Crippen molar-refractivity contribution in [3.05, 3.63) is 35.9 Å². The smallest absolute Gasteiger partial charge is 0.550 e. The summed E-state index contributed by atoms with van der Waals surface area (Å²) in [6.45, 7) is 0. The van der Waals surface area contributed by atoms with Crippen LogP contribution in [-0.2, 0) is 11.2 Å². The SMILES string of the molecule is O=C([O-])CC(O)CCCCCc1ccccc1.[Na+]. The fourth-order valence-corrected chi connectivity index (χ4v) is 1.82. The Morgan fingerprint density at radius 3 is 2.44 bits per heavy atom. The minimum absolute atomic E-state index is 0. The maximum Gasteiger partial charge on any atom is 1.00 e. The molecule has 1 unspecified atom stereocenters. The van der Waals surface area contributed by atoms with Crippen molar-refractivity contribution in [1.82, 2.24) is 0 Å². The molecule has 0 aliphatic rings. The quantitative estimate of drug-likeness (QED) is 0.446. The molecular formula is C14H19NaO3. The Morgan fingerprint density at radius 1 is 1.17 bits per heavy atom. The first-order valence-corrected chi connectivity index (χ1v) is 6.10. The molecule has 18 heavy (non-hydrogen) atoms. The largest absolute Gasteiger partial charge is 1.00 e. The Hall–Kier alpha value is -0.350. The van der Waals surface area contributed by atoms with E-state index in [1.165, 1.54) is 5.56 Å². The van der Waals surface area contributed by atoms with E-state index in [4.69, 9.17) is 0 Å². The summed E-state index contributed by atoms with van der Waals surface area (Å²) in [5, 5.41) is 19.5. The number of carboxylic acids is 1. The molecular weight excluding hydrogens is 239 g/mol. The molecule has 0 amide bonds. The van der Waals surface area contributed by atoms with Crippen LogP contribution in [0, 0.1) is 0 Å². The molecule has 0 bridgehead atoms. The van der Waals surface area contributed by atoms with Gasteiger partial charge in [-0.2, -0.15) is 0 Å². The van der Waals surface area contributed by atoms with Crippen LogP contribution in [0.4, 0.5) is 0 Å². The molecule has 0 radical (unpaired) electrons. The van der Waals surface area contributed by atoms with Gasteiger partial charge >= 0.3 is 29.6 Å². The molecule has 0 saturated carbocycles. The van der Waals surface area contributed by atoms with E-state index in [2.05, 4.69) is 12.1 Å². The molecule has 0 heterocycles. The van der Waals surface area contributed by atoms with Crippen LogP contribution in [0.25, 0.3) is 0 Å². The third-order valence-electron chi connectivity index (χ3n) is 2.75. The monoisotopic (exact) mass is 258 g/mol. The third kappa shape index (κ3) is 8.70. The van der Waals surface area contributed by atoms with Crippen LogP contribution in [0.1, 0.15) is 37.7 Å². The van der Waals surface area contributed by atoms with Crippen LogP contribution in [0.15, 0.2) is 30.3 Å². The van der Waals surface area contributed by atoms with E-state index in [1.807, 2.05) is 18.2 Å². The Balaban J connectivity index is 0.00000289. The van der Waals surface area contributed by atoms with Gasteiger partial charge in [0.2, 0.25) is 0 Å². The van der Waals surface area contributed by atoms with Crippen molar-refractivity contribution in [2.75, 3.05) is 0 Å². The summed E-state index contributed by atoms with van der Waals surface area (Å²) in [4.78, 5) is 10.2. The van der Waals surface area contributed by atoms with Gasteiger partial charge in [0.1, 0.15) is 0 Å². The first kappa shape index (κ1) is 17.6. The van der Waals surface area contributed by atoms with E-state index in [0.29, 0.717) is 6.42 Å². The number of unbranched alkanes of at least 4 members (excludes halogenated alkanes) is 2. The topological polar surface area (TPSA) is 60.4 Å². The molecule has 0 saturated heterocycles. The average molecular weight is 258 g/mol. The van der Waals surface area contributed by atoms with Gasteiger partial charge in [0.25, 0.3) is 0 Å². The molecule has 4 heteroatoms. The third-order valence-corrected chi connectivity index (χ3v) is 2.75. The van der Waals surface area contributed by atoms with Crippen LogP contribution in [0.5, 0.6) is 0 Å². The number of carboxylic acid groups (broad SMARTS) is 1. The van der Waals surface area contributed by atoms with Gasteiger partial charge in [-0.1, -0.05) is 43.2 Å². The van der Waals surface area contributed by atoms with E-state index in [9.17, 15) is 15.0 Å². The molecule has 1 rings (SSSR count). The molecule has 0 aliphatic heterocycles. The minimum atomic E-state index is -1.18. The number of hydrogen-bond donors (Lipinski definition) is 1. The van der Waals surface area contributed by atoms with Crippen molar-refractivity contribution in [3.63, 3.8) is 0 Å². The fraction of sp³-hybridized carbons (Fsp3) is 0.500. The standard InChI is InChI=1S/C14H20O3.Na/c15-13(11-14(16)17)10-6-2-5-9-12-7-3-1-4-8-12;/h1,3-4,7-8,13,15H,2,5-6,9-11H2,(H,16,17);/q;+1/p-1. The van der Waals surface area contributed by atoms with Gasteiger partial charge in [0.15, 0.2) is 0 Å². The number of aryl methyl sites for hydroxylation is 1. The summed E-state index contributed by atoms with van der Waals surface area (Å²) in [5.41, 5.74) is 1.32. The van der Waals surface area contributed by atoms with Gasteiger partial charge in [-0.15, -0.1) is 0 Å². The number of rotatable bonds is 8. The van der Waals surface area contributed by atoms with Crippen molar-refractivity contribution in [2.24, 2.45) is 0 Å². The van der Waals surface area contributed by atoms with Crippen LogP contribution < -0.4 is 34.7 Å². The van der Waals surface area contributed by atoms with Crippen molar-refractivity contribution in [1.29, 1.82) is 0 Å². The molecule has 1 aromatic carbocycles. The molecule has 1 N–H and O–H groups in total. The Kier molecular flexibility index (Phi) is 10.4. The van der Waals surface area contributed by atoms with Gasteiger partial charge in [0.05, 0.1) is 6.10 Å². The second kappa shape index (κ2) is 10.6. The molecule has 1 aromatic rings. The maximum atomic E-state index is 10.2. The number of hydrogen-bond acceptors (Lipinski definition) is 3. The molecule has 0 spiro atoms. The predicted octanol–water partition coefficient (Wildman–Crippen LogP) is -1.71. The Labute approximate surface area is 131 Å². The van der Waals surface area contributed by atoms with Gasteiger partial charge in [-0.05, 0) is 24.8 Å². The minimum Gasteiger partial charge on any atom is -0.550 e. The molecule has 0 fully saturated rings. The average Bonchev–Trinajstić information content (AvgIpc) is 2.29. The fourth-order valence-electron chi connectivity index (χ4n) is 1.82. The number of benzene rings is 1. The maximum absolute atomic E-state index is 10.2. The Bertz CT molecular complexity index is 327. The van der Waals surface area contributed by atoms with E-state index in [-0.39, 0.29) is 36.0 Å². The van der Waals surface area contributed by atoms with Crippen molar-refractivity contribution in [2.45, 2.75) is 44.6 Å². The molecule has 94 valence electrons. The summed E-state index contributed by atoms with van der Waals surface area (Å²) in [6, 6.07) is 10.3. The zero-order valence-corrected chi connectivity index (χ0v) is 13.0. The van der Waals surface area contributed by atoms with E-state index >= 15 is 0 Å². The van der Waals surface area contributed by atoms with Crippen molar-refractivity contribution >= 4 is 5.97 Å². The second-order valence-electron chi connectivity index (χ2n) is 4.31. The first-order valence-electron chi connectivity index (χ1n) is 6.10. The van der Waals surface area contributed by atoms with Crippen LogP contribution in [-0.4, -0.2) is 17.2 Å². The number of aliphatic carboxylic acids is 1. The molecule has 0 aliphatic carbocycles. The zero-order chi connectivity index (χ0) is 12.5. The summed E-state index contributed by atoms with van der Waals surface area (Å²) < 4.78 is 0. The van der Waals surface area contributed by atoms with Crippen LogP contribution >= 0.6 is 0 Å². The molecule has 1 atom stereocenters. The zero-order valence-electron chi connectivity index (χ0n) is 11.0. The normalized spacial score (nSPS) is 11.6. The van der Waals surface area contributed by atoms with Crippen molar-refractivity contribution in [3.8, 4) is 0 Å². The summed E-state index contributed by atoms with van der Waals surface area (Å²) in [5.74, 6) is -1.18. The predicted molar refractivity (Wildman–Crippen MR) is 64.2 cm³/mol. The summed E-state index contributed by atoms with van der Waals surface area (Å²) in [7, 11) is 0. The molecule has 0 aromatic heterocycles. The van der Waals surface area contributed by atoms with E-state index in [0.717, 1.165) is 25.7 Å².